The Hall–Kier alpha value is -3.15. The zero-order valence-corrected chi connectivity index (χ0v) is 15.2. The van der Waals surface area contributed by atoms with Gasteiger partial charge in [-0.3, -0.25) is 14.6 Å². The number of nitrogens with zero attached hydrogens (tertiary/aromatic N) is 3. The number of anilines is 1. The van der Waals surface area contributed by atoms with Gasteiger partial charge < -0.3 is 4.74 Å². The lowest BCUT2D eigenvalue weighted by Gasteiger charge is -2.42. The van der Waals surface area contributed by atoms with Crippen LogP contribution in [0.2, 0.25) is 0 Å². The molecule has 1 aromatic carbocycles. The predicted octanol–water partition coefficient (Wildman–Crippen LogP) is 3.24. The topological polar surface area (TPSA) is 62.7 Å². The van der Waals surface area contributed by atoms with Gasteiger partial charge in [-0.15, -0.1) is 0 Å². The first-order chi connectivity index (χ1) is 13.1. The van der Waals surface area contributed by atoms with Gasteiger partial charge in [0.2, 0.25) is 5.91 Å². The Balaban J connectivity index is 1.50. The number of allylic oxidation sites excluding steroid dienone is 1. The van der Waals surface area contributed by atoms with E-state index in [9.17, 15) is 9.59 Å². The largest absolute Gasteiger partial charge is 0.444 e. The van der Waals surface area contributed by atoms with Crippen molar-refractivity contribution in [2.24, 2.45) is 0 Å². The molecule has 1 unspecified atom stereocenters. The van der Waals surface area contributed by atoms with E-state index < -0.39 is 5.41 Å². The number of aromatic nitrogens is 1. The Bertz CT molecular complexity index is 897. The quantitative estimate of drug-likeness (QED) is 0.822. The zero-order chi connectivity index (χ0) is 18.9. The second-order valence-electron chi connectivity index (χ2n) is 6.96. The zero-order valence-electron chi connectivity index (χ0n) is 15.2. The molecule has 2 aliphatic rings. The van der Waals surface area contributed by atoms with E-state index in [2.05, 4.69) is 4.98 Å². The predicted molar refractivity (Wildman–Crippen MR) is 101 cm³/mol. The fourth-order valence-corrected chi connectivity index (χ4v) is 3.69. The summed E-state index contributed by atoms with van der Waals surface area (Å²) in [5, 5.41) is 0. The number of hydrogen-bond donors (Lipinski definition) is 0. The molecule has 1 aromatic heterocycles. The number of hydrogen-bond acceptors (Lipinski definition) is 4. The fraction of sp³-hybridized carbons (Fsp3) is 0.286. The smallest absolute Gasteiger partial charge is 0.414 e. The van der Waals surface area contributed by atoms with Gasteiger partial charge in [0.25, 0.3) is 0 Å². The molecule has 0 N–H and O–H groups in total. The van der Waals surface area contributed by atoms with E-state index in [1.807, 2.05) is 48.5 Å². The van der Waals surface area contributed by atoms with Crippen LogP contribution in [0.15, 0.2) is 60.9 Å². The fourth-order valence-electron chi connectivity index (χ4n) is 3.69. The van der Waals surface area contributed by atoms with Crippen LogP contribution in [-0.2, 0) is 21.6 Å². The number of amides is 2. The number of pyridine rings is 1. The molecule has 1 atom stereocenters. The number of carbonyl (C=O) groups excluding carboxylic acids is 2. The Morgan fingerprint density at radius 2 is 2.04 bits per heavy atom. The summed E-state index contributed by atoms with van der Waals surface area (Å²) in [7, 11) is 1.75. The van der Waals surface area contributed by atoms with Crippen molar-refractivity contribution in [1.82, 2.24) is 9.88 Å². The van der Waals surface area contributed by atoms with E-state index in [1.165, 1.54) is 0 Å². The number of rotatable bonds is 2. The van der Waals surface area contributed by atoms with Crippen LogP contribution in [0.4, 0.5) is 10.6 Å². The maximum absolute atomic E-state index is 12.5. The molecule has 0 aliphatic carbocycles. The van der Waals surface area contributed by atoms with E-state index in [4.69, 9.17) is 4.74 Å². The molecule has 138 valence electrons. The second kappa shape index (κ2) is 6.87. The normalized spacial score (nSPS) is 21.3. The van der Waals surface area contributed by atoms with Crippen molar-refractivity contribution in [2.75, 3.05) is 18.5 Å². The summed E-state index contributed by atoms with van der Waals surface area (Å²) in [5.41, 5.74) is 1.56. The maximum Gasteiger partial charge on any atom is 0.414 e. The van der Waals surface area contributed by atoms with Gasteiger partial charge in [0, 0.05) is 43.4 Å². The van der Waals surface area contributed by atoms with Crippen molar-refractivity contribution in [1.29, 1.82) is 0 Å². The third kappa shape index (κ3) is 3.18. The standard InChI is InChI=1S/C21H21N3O3/c1-23-18(25)14-21(17-8-5-11-22-19(17)23)9-12-24(13-10-21)20(26)27-15-16-6-3-2-4-7-16/h2-9,11-12H,10,13-15H2,1H3. The van der Waals surface area contributed by atoms with E-state index in [0.29, 0.717) is 25.2 Å². The molecular weight excluding hydrogens is 342 g/mol. The van der Waals surface area contributed by atoms with Crippen LogP contribution >= 0.6 is 0 Å². The van der Waals surface area contributed by atoms with Crippen molar-refractivity contribution in [3.63, 3.8) is 0 Å². The van der Waals surface area contributed by atoms with Crippen LogP contribution in [0.3, 0.4) is 0 Å². The molecule has 0 fully saturated rings. The van der Waals surface area contributed by atoms with Crippen LogP contribution in [0.1, 0.15) is 24.0 Å². The van der Waals surface area contributed by atoms with Crippen molar-refractivity contribution in [2.45, 2.75) is 24.9 Å². The second-order valence-corrected chi connectivity index (χ2v) is 6.96. The number of ether oxygens (including phenoxy) is 1. The number of fused-ring (bicyclic) bond motifs is 2. The molecule has 2 aromatic rings. The Kier molecular flexibility index (Phi) is 4.39. The molecule has 0 saturated heterocycles. The molecular formula is C21H21N3O3. The van der Waals surface area contributed by atoms with Crippen molar-refractivity contribution < 1.29 is 14.3 Å². The van der Waals surface area contributed by atoms with Gasteiger partial charge in [-0.05, 0) is 18.1 Å². The summed E-state index contributed by atoms with van der Waals surface area (Å²) < 4.78 is 5.40. The summed E-state index contributed by atoms with van der Waals surface area (Å²) in [5.74, 6) is 0.726. The molecule has 6 nitrogen and oxygen atoms in total. The molecule has 0 bridgehead atoms. The lowest BCUT2D eigenvalue weighted by Crippen LogP contribution is -2.46. The highest BCUT2D eigenvalue weighted by Gasteiger charge is 2.43. The first-order valence-corrected chi connectivity index (χ1v) is 8.98. The van der Waals surface area contributed by atoms with Crippen LogP contribution in [0, 0.1) is 0 Å². The molecule has 0 radical (unpaired) electrons. The Morgan fingerprint density at radius 3 is 2.78 bits per heavy atom. The van der Waals surface area contributed by atoms with Crippen LogP contribution in [0.25, 0.3) is 0 Å². The summed E-state index contributed by atoms with van der Waals surface area (Å²) in [6.07, 6.45) is 6.04. The van der Waals surface area contributed by atoms with Crippen molar-refractivity contribution >= 4 is 17.8 Å². The van der Waals surface area contributed by atoms with Gasteiger partial charge >= 0.3 is 6.09 Å². The van der Waals surface area contributed by atoms with Crippen LogP contribution in [0.5, 0.6) is 0 Å². The monoisotopic (exact) mass is 363 g/mol. The molecule has 1 spiro atoms. The van der Waals surface area contributed by atoms with E-state index in [0.717, 1.165) is 11.1 Å². The average Bonchev–Trinajstić information content (AvgIpc) is 2.72. The molecule has 27 heavy (non-hydrogen) atoms. The molecule has 2 aliphatic heterocycles. The first-order valence-electron chi connectivity index (χ1n) is 8.98. The minimum Gasteiger partial charge on any atom is -0.444 e. The Morgan fingerprint density at radius 1 is 1.22 bits per heavy atom. The molecule has 2 amide bonds. The van der Waals surface area contributed by atoms with Gasteiger partial charge in [0.1, 0.15) is 12.4 Å². The lowest BCUT2D eigenvalue weighted by molar-refractivity contribution is -0.119. The molecule has 4 rings (SSSR count). The molecule has 3 heterocycles. The minimum atomic E-state index is -0.413. The van der Waals surface area contributed by atoms with Gasteiger partial charge in [0.05, 0.1) is 0 Å². The summed E-state index contributed by atoms with van der Waals surface area (Å²) >= 11 is 0. The summed E-state index contributed by atoms with van der Waals surface area (Å²) in [6, 6.07) is 13.5. The molecule has 6 heteroatoms. The third-order valence-corrected chi connectivity index (χ3v) is 5.29. The Labute approximate surface area is 158 Å². The van der Waals surface area contributed by atoms with Gasteiger partial charge in [-0.2, -0.15) is 0 Å². The van der Waals surface area contributed by atoms with Crippen molar-refractivity contribution in [3.8, 4) is 0 Å². The lowest BCUT2D eigenvalue weighted by atomic mass is 9.71. The minimum absolute atomic E-state index is 0.0333. The summed E-state index contributed by atoms with van der Waals surface area (Å²) in [6.45, 7) is 0.737. The van der Waals surface area contributed by atoms with Gasteiger partial charge in [0.15, 0.2) is 0 Å². The summed E-state index contributed by atoms with van der Waals surface area (Å²) in [4.78, 5) is 32.4. The highest BCUT2D eigenvalue weighted by atomic mass is 16.6. The highest BCUT2D eigenvalue weighted by molar-refractivity contribution is 5.96. The van der Waals surface area contributed by atoms with Gasteiger partial charge in [-0.1, -0.05) is 42.5 Å². The van der Waals surface area contributed by atoms with Crippen molar-refractivity contribution in [3.05, 3.63) is 72.1 Å². The third-order valence-electron chi connectivity index (χ3n) is 5.29. The van der Waals surface area contributed by atoms with Crippen LogP contribution in [-0.4, -0.2) is 35.5 Å². The SMILES string of the molecule is CN1C(=O)CC2(C=CN(C(=O)OCc3ccccc3)CC2)c2cccnc21. The average molecular weight is 363 g/mol. The molecule has 0 saturated carbocycles. The highest BCUT2D eigenvalue weighted by Crippen LogP contribution is 2.44. The maximum atomic E-state index is 12.5. The van der Waals surface area contributed by atoms with E-state index in [1.54, 1.807) is 29.2 Å². The van der Waals surface area contributed by atoms with E-state index in [-0.39, 0.29) is 18.6 Å². The first kappa shape index (κ1) is 17.3. The van der Waals surface area contributed by atoms with E-state index >= 15 is 0 Å². The van der Waals surface area contributed by atoms with Crippen LogP contribution < -0.4 is 4.90 Å². The number of carbonyl (C=O) groups is 2. The van der Waals surface area contributed by atoms with Gasteiger partial charge in [-0.25, -0.2) is 9.78 Å². The number of benzene rings is 1.